The van der Waals surface area contributed by atoms with E-state index in [1.807, 2.05) is 6.92 Å². The molecule has 3 nitrogen and oxygen atoms in total. The number of amides is 1. The van der Waals surface area contributed by atoms with E-state index in [0.717, 1.165) is 31.5 Å². The van der Waals surface area contributed by atoms with E-state index in [-0.39, 0.29) is 29.0 Å². The predicted molar refractivity (Wildman–Crippen MR) is 76.6 cm³/mol. The average molecular weight is 325 g/mol. The van der Waals surface area contributed by atoms with Gasteiger partial charge in [-0.1, -0.05) is 11.6 Å². The standard InChI is InChI=1S/C13H15ClF2N2O.ClH/c1-7-4-8(2-3-17-7)18-13(19)9-5-12(16)10(14)6-11(9)15;/h5-8,17H,2-4H2,1H3,(H,18,19);1H. The van der Waals surface area contributed by atoms with Gasteiger partial charge in [0.1, 0.15) is 11.6 Å². The van der Waals surface area contributed by atoms with Gasteiger partial charge in [-0.15, -0.1) is 12.4 Å². The Morgan fingerprint density at radius 2 is 2.10 bits per heavy atom. The van der Waals surface area contributed by atoms with E-state index >= 15 is 0 Å². The van der Waals surface area contributed by atoms with Gasteiger partial charge in [0.25, 0.3) is 5.91 Å². The van der Waals surface area contributed by atoms with Gasteiger partial charge in [0, 0.05) is 12.1 Å². The highest BCUT2D eigenvalue weighted by Crippen LogP contribution is 2.19. The molecule has 0 bridgehead atoms. The van der Waals surface area contributed by atoms with E-state index in [1.165, 1.54) is 0 Å². The van der Waals surface area contributed by atoms with E-state index < -0.39 is 17.5 Å². The number of hydrogen-bond donors (Lipinski definition) is 2. The maximum Gasteiger partial charge on any atom is 0.254 e. The van der Waals surface area contributed by atoms with Crippen molar-refractivity contribution >= 4 is 29.9 Å². The molecule has 1 saturated heterocycles. The second-order valence-electron chi connectivity index (χ2n) is 4.80. The minimum absolute atomic E-state index is 0. The SMILES string of the molecule is CC1CC(NC(=O)c2cc(F)c(Cl)cc2F)CCN1.Cl. The van der Waals surface area contributed by atoms with Crippen molar-refractivity contribution in [2.24, 2.45) is 0 Å². The van der Waals surface area contributed by atoms with Gasteiger partial charge in [-0.05, 0) is 38.4 Å². The normalized spacial score (nSPS) is 22.0. The number of nitrogens with one attached hydrogen (secondary N) is 2. The topological polar surface area (TPSA) is 41.1 Å². The lowest BCUT2D eigenvalue weighted by Crippen LogP contribution is -2.46. The molecular weight excluding hydrogens is 309 g/mol. The lowest BCUT2D eigenvalue weighted by molar-refractivity contribution is 0.0921. The molecule has 1 heterocycles. The zero-order valence-electron chi connectivity index (χ0n) is 10.9. The van der Waals surface area contributed by atoms with Crippen LogP contribution in [0.25, 0.3) is 0 Å². The number of rotatable bonds is 2. The molecule has 0 radical (unpaired) electrons. The average Bonchev–Trinajstić information content (AvgIpc) is 2.33. The summed E-state index contributed by atoms with van der Waals surface area (Å²) in [6, 6.07) is 1.92. The fourth-order valence-corrected chi connectivity index (χ4v) is 2.37. The Kier molecular flexibility index (Phi) is 6.17. The maximum atomic E-state index is 13.6. The largest absolute Gasteiger partial charge is 0.349 e. The molecule has 1 aliphatic heterocycles. The van der Waals surface area contributed by atoms with Crippen LogP contribution in [0, 0.1) is 11.6 Å². The smallest absolute Gasteiger partial charge is 0.254 e. The number of carbonyl (C=O) groups is 1. The first kappa shape index (κ1) is 17.1. The summed E-state index contributed by atoms with van der Waals surface area (Å²) < 4.78 is 26.9. The molecule has 2 N–H and O–H groups in total. The van der Waals surface area contributed by atoms with Gasteiger partial charge in [-0.2, -0.15) is 0 Å². The molecule has 1 aliphatic rings. The Morgan fingerprint density at radius 1 is 1.40 bits per heavy atom. The molecule has 112 valence electrons. The molecule has 0 aromatic heterocycles. The third-order valence-corrected chi connectivity index (χ3v) is 3.50. The second kappa shape index (κ2) is 7.20. The summed E-state index contributed by atoms with van der Waals surface area (Å²) >= 11 is 5.45. The number of carbonyl (C=O) groups excluding carboxylic acids is 1. The molecule has 0 spiro atoms. The Bertz CT molecular complexity index is 500. The predicted octanol–water partition coefficient (Wildman–Crippen LogP) is 2.91. The highest BCUT2D eigenvalue weighted by Gasteiger charge is 2.22. The molecule has 2 unspecified atom stereocenters. The fourth-order valence-electron chi connectivity index (χ4n) is 2.22. The van der Waals surface area contributed by atoms with Gasteiger partial charge in [0.05, 0.1) is 10.6 Å². The second-order valence-corrected chi connectivity index (χ2v) is 5.20. The summed E-state index contributed by atoms with van der Waals surface area (Å²) in [6.07, 6.45) is 1.54. The fraction of sp³-hybridized carbons (Fsp3) is 0.462. The summed E-state index contributed by atoms with van der Waals surface area (Å²) in [4.78, 5) is 11.9. The summed E-state index contributed by atoms with van der Waals surface area (Å²) in [5, 5.41) is 5.65. The van der Waals surface area contributed by atoms with Crippen LogP contribution in [0.1, 0.15) is 30.1 Å². The van der Waals surface area contributed by atoms with Crippen molar-refractivity contribution in [3.63, 3.8) is 0 Å². The van der Waals surface area contributed by atoms with E-state index in [2.05, 4.69) is 10.6 Å². The Balaban J connectivity index is 0.00000200. The van der Waals surface area contributed by atoms with Gasteiger partial charge in [-0.25, -0.2) is 8.78 Å². The first-order valence-electron chi connectivity index (χ1n) is 6.16. The summed E-state index contributed by atoms with van der Waals surface area (Å²) in [7, 11) is 0. The summed E-state index contributed by atoms with van der Waals surface area (Å²) in [5.74, 6) is -2.22. The lowest BCUT2D eigenvalue weighted by atomic mass is 10.00. The van der Waals surface area contributed by atoms with Crippen molar-refractivity contribution in [1.82, 2.24) is 10.6 Å². The third kappa shape index (κ3) is 4.04. The van der Waals surface area contributed by atoms with Crippen LogP contribution < -0.4 is 10.6 Å². The summed E-state index contributed by atoms with van der Waals surface area (Å²) in [5.41, 5.74) is -0.312. The maximum absolute atomic E-state index is 13.6. The highest BCUT2D eigenvalue weighted by atomic mass is 35.5. The van der Waals surface area contributed by atoms with Gasteiger partial charge in [0.2, 0.25) is 0 Å². The first-order chi connectivity index (χ1) is 8.97. The molecule has 0 saturated carbocycles. The van der Waals surface area contributed by atoms with Crippen molar-refractivity contribution in [2.75, 3.05) is 6.54 Å². The highest BCUT2D eigenvalue weighted by molar-refractivity contribution is 6.30. The number of benzene rings is 1. The van der Waals surface area contributed by atoms with Crippen molar-refractivity contribution in [3.8, 4) is 0 Å². The summed E-state index contributed by atoms with van der Waals surface area (Å²) in [6.45, 7) is 2.81. The molecule has 1 aromatic carbocycles. The van der Waals surface area contributed by atoms with Crippen LogP contribution in [-0.4, -0.2) is 24.5 Å². The van der Waals surface area contributed by atoms with Crippen molar-refractivity contribution in [3.05, 3.63) is 34.4 Å². The molecule has 1 fully saturated rings. The third-order valence-electron chi connectivity index (χ3n) is 3.21. The lowest BCUT2D eigenvalue weighted by Gasteiger charge is -2.28. The molecule has 1 amide bonds. The van der Waals surface area contributed by atoms with Gasteiger partial charge >= 0.3 is 0 Å². The monoisotopic (exact) mass is 324 g/mol. The van der Waals surface area contributed by atoms with Crippen molar-refractivity contribution in [1.29, 1.82) is 0 Å². The molecule has 1 aromatic rings. The van der Waals surface area contributed by atoms with Gasteiger partial charge in [-0.3, -0.25) is 4.79 Å². The van der Waals surface area contributed by atoms with E-state index in [9.17, 15) is 13.6 Å². The molecular formula is C13H16Cl2F2N2O. The van der Waals surface area contributed by atoms with Crippen LogP contribution in [0.4, 0.5) is 8.78 Å². The number of piperidine rings is 1. The number of halogens is 4. The van der Waals surface area contributed by atoms with Crippen molar-refractivity contribution < 1.29 is 13.6 Å². The van der Waals surface area contributed by atoms with E-state index in [4.69, 9.17) is 11.6 Å². The zero-order valence-corrected chi connectivity index (χ0v) is 12.5. The Labute approximate surface area is 127 Å². The molecule has 2 rings (SSSR count). The van der Waals surface area contributed by atoms with Gasteiger partial charge in [0.15, 0.2) is 0 Å². The van der Waals surface area contributed by atoms with Crippen LogP contribution in [-0.2, 0) is 0 Å². The molecule has 20 heavy (non-hydrogen) atoms. The Morgan fingerprint density at radius 3 is 2.75 bits per heavy atom. The van der Waals surface area contributed by atoms with Crippen LogP contribution in [0.5, 0.6) is 0 Å². The van der Waals surface area contributed by atoms with Crippen LogP contribution in [0.2, 0.25) is 5.02 Å². The van der Waals surface area contributed by atoms with Gasteiger partial charge < -0.3 is 10.6 Å². The van der Waals surface area contributed by atoms with Crippen molar-refractivity contribution in [2.45, 2.75) is 31.8 Å². The van der Waals surface area contributed by atoms with Crippen LogP contribution >= 0.6 is 24.0 Å². The van der Waals surface area contributed by atoms with E-state index in [1.54, 1.807) is 0 Å². The molecule has 2 atom stereocenters. The Hall–Kier alpha value is -0.910. The minimum atomic E-state index is -0.814. The zero-order chi connectivity index (χ0) is 14.0. The first-order valence-corrected chi connectivity index (χ1v) is 6.54. The van der Waals surface area contributed by atoms with E-state index in [0.29, 0.717) is 6.04 Å². The van der Waals surface area contributed by atoms with Crippen LogP contribution in [0.3, 0.4) is 0 Å². The molecule has 7 heteroatoms. The molecule has 0 aliphatic carbocycles. The minimum Gasteiger partial charge on any atom is -0.349 e. The van der Waals surface area contributed by atoms with Crippen LogP contribution in [0.15, 0.2) is 12.1 Å². The number of hydrogen-bond acceptors (Lipinski definition) is 2. The quantitative estimate of drug-likeness (QED) is 0.821.